The van der Waals surface area contributed by atoms with E-state index >= 15 is 0 Å². The van der Waals surface area contributed by atoms with Crippen molar-refractivity contribution in [2.75, 3.05) is 45.5 Å². The molecule has 10 heteroatoms. The van der Waals surface area contributed by atoms with Crippen molar-refractivity contribution in [3.63, 3.8) is 0 Å². The van der Waals surface area contributed by atoms with Gasteiger partial charge in [-0.25, -0.2) is 0 Å². The van der Waals surface area contributed by atoms with E-state index < -0.39 is 15.2 Å². The molecule has 8 nitrogen and oxygen atoms in total. The normalized spacial score (nSPS) is 13.4. The summed E-state index contributed by atoms with van der Waals surface area (Å²) in [5, 5.41) is 9.89. The van der Waals surface area contributed by atoms with Gasteiger partial charge in [0.15, 0.2) is 0 Å². The molecule has 0 aliphatic carbocycles. The summed E-state index contributed by atoms with van der Waals surface area (Å²) in [5.41, 5.74) is 0. The minimum Gasteiger partial charge on any atom is -0.395 e. The molecule has 0 aliphatic rings. The molecule has 0 bridgehead atoms. The third kappa shape index (κ3) is 51.8. The van der Waals surface area contributed by atoms with Crippen LogP contribution in [0, 0.1) is 0 Å². The number of aliphatic hydroxyl groups excluding tert-OH is 1. The Balaban J connectivity index is 4.69. The van der Waals surface area contributed by atoms with Crippen LogP contribution in [-0.2, 0) is 22.7 Å². The maximum absolute atomic E-state index is 14.2. The van der Waals surface area contributed by atoms with E-state index in [0.717, 1.165) is 83.5 Å². The summed E-state index contributed by atoms with van der Waals surface area (Å²) in [6, 6.07) is 0. The van der Waals surface area contributed by atoms with Gasteiger partial charge in [-0.05, 0) is 96.3 Å². The number of rotatable bonds is 57. The molecule has 0 spiro atoms. The second-order valence-corrected chi connectivity index (χ2v) is 23.8. The molecular formula is C58H115NO7P2. The minimum absolute atomic E-state index is 0.0847. The molecule has 0 radical (unpaired) electrons. The first-order valence-corrected chi connectivity index (χ1v) is 32.9. The lowest BCUT2D eigenvalue weighted by Crippen LogP contribution is -2.30. The molecule has 0 aliphatic heterocycles. The van der Waals surface area contributed by atoms with Gasteiger partial charge < -0.3 is 23.6 Å². The van der Waals surface area contributed by atoms with Gasteiger partial charge in [0.05, 0.1) is 26.4 Å². The highest BCUT2D eigenvalue weighted by molar-refractivity contribution is 7.54. The maximum Gasteiger partial charge on any atom is 0.344 e. The molecule has 0 fully saturated rings. The van der Waals surface area contributed by atoms with Crippen molar-refractivity contribution in [2.45, 2.75) is 290 Å². The first-order valence-electron chi connectivity index (χ1n) is 29.4. The van der Waals surface area contributed by atoms with Crippen LogP contribution in [-0.4, -0.2) is 60.4 Å². The van der Waals surface area contributed by atoms with Gasteiger partial charge in [-0.1, -0.05) is 231 Å². The Morgan fingerprint density at radius 3 is 0.882 bits per heavy atom. The summed E-state index contributed by atoms with van der Waals surface area (Å²) in [7, 11) is -7.65. The number of hydrogen-bond donors (Lipinski definition) is 2. The van der Waals surface area contributed by atoms with E-state index in [-0.39, 0.29) is 32.3 Å². The first-order chi connectivity index (χ1) is 33.3. The molecule has 0 saturated heterocycles. The molecule has 0 aromatic heterocycles. The van der Waals surface area contributed by atoms with E-state index in [4.69, 9.17) is 13.6 Å². The van der Waals surface area contributed by atoms with Crippen molar-refractivity contribution >= 4 is 15.2 Å². The van der Waals surface area contributed by atoms with E-state index in [1.807, 2.05) is 0 Å². The van der Waals surface area contributed by atoms with E-state index in [1.54, 1.807) is 0 Å². The molecule has 404 valence electrons. The zero-order valence-corrected chi connectivity index (χ0v) is 47.2. The van der Waals surface area contributed by atoms with Crippen molar-refractivity contribution in [3.05, 3.63) is 36.5 Å². The fourth-order valence-corrected chi connectivity index (χ4v) is 11.8. The highest BCUT2D eigenvalue weighted by atomic mass is 31.2. The Labute approximate surface area is 423 Å². The molecule has 1 atom stereocenters. The largest absolute Gasteiger partial charge is 0.395 e. The summed E-state index contributed by atoms with van der Waals surface area (Å²) in [6.07, 6.45) is 64.4. The molecule has 0 saturated carbocycles. The molecule has 2 N–H and O–H groups in total. The smallest absolute Gasteiger partial charge is 0.344 e. The van der Waals surface area contributed by atoms with E-state index in [2.05, 4.69) is 57.2 Å². The molecule has 0 amide bonds. The van der Waals surface area contributed by atoms with E-state index in [9.17, 15) is 19.1 Å². The van der Waals surface area contributed by atoms with Crippen LogP contribution in [0.2, 0.25) is 0 Å². The Morgan fingerprint density at radius 1 is 0.353 bits per heavy atom. The highest BCUT2D eigenvalue weighted by Gasteiger charge is 2.32. The summed E-state index contributed by atoms with van der Waals surface area (Å²) >= 11 is 0. The molecule has 0 heterocycles. The number of aliphatic hydroxyl groups is 1. The van der Waals surface area contributed by atoms with Crippen LogP contribution < -0.4 is 0 Å². The maximum atomic E-state index is 14.2. The number of hydrogen-bond acceptors (Lipinski definition) is 7. The standard InChI is InChI=1S/C58H115NO7P2/c1-4-7-10-13-16-19-22-25-28-31-34-37-40-43-46-49-54-64-67(61,62)57-59(52-53-60)58-68(63,65-55-50-47-44-41-38-35-32-29-26-23-20-17-14-11-8-5-2)66-56-51-48-45-42-39-36-33-30-27-24-21-18-15-12-9-6-3/h25-30,60H,4-24,31-58H2,1-3H3,(H,61,62)/b28-25-,29-26-,30-27-. The Bertz CT molecular complexity index is 1150. The number of nitrogens with zero attached hydrogens (tertiary/aromatic N) is 1. The van der Waals surface area contributed by atoms with Crippen LogP contribution in [0.3, 0.4) is 0 Å². The van der Waals surface area contributed by atoms with Crippen molar-refractivity contribution in [2.24, 2.45) is 0 Å². The Morgan fingerprint density at radius 2 is 0.603 bits per heavy atom. The molecule has 0 rings (SSSR count). The predicted octanol–water partition coefficient (Wildman–Crippen LogP) is 19.7. The lowest BCUT2D eigenvalue weighted by molar-refractivity contribution is 0.166. The van der Waals surface area contributed by atoms with Gasteiger partial charge in [0.1, 0.15) is 12.6 Å². The topological polar surface area (TPSA) is 106 Å². The van der Waals surface area contributed by atoms with Crippen LogP contribution in [0.15, 0.2) is 36.5 Å². The summed E-state index contributed by atoms with van der Waals surface area (Å²) in [4.78, 5) is 12.4. The number of allylic oxidation sites excluding steroid dienone is 6. The third-order valence-corrected chi connectivity index (χ3v) is 16.2. The lowest BCUT2D eigenvalue weighted by atomic mass is 10.1. The van der Waals surface area contributed by atoms with Gasteiger partial charge in [-0.2, -0.15) is 0 Å². The third-order valence-electron chi connectivity index (χ3n) is 13.0. The second kappa shape index (κ2) is 54.2. The first kappa shape index (κ1) is 67.4. The molecular weight excluding hydrogens is 885 g/mol. The zero-order valence-electron chi connectivity index (χ0n) is 45.4. The molecule has 1 unspecified atom stereocenters. The van der Waals surface area contributed by atoms with Gasteiger partial charge in [0.2, 0.25) is 0 Å². The van der Waals surface area contributed by atoms with Crippen LogP contribution in [0.1, 0.15) is 290 Å². The molecule has 0 aromatic carbocycles. The van der Waals surface area contributed by atoms with E-state index in [0.29, 0.717) is 13.2 Å². The van der Waals surface area contributed by atoms with Crippen LogP contribution >= 0.6 is 15.2 Å². The second-order valence-electron chi connectivity index (χ2n) is 20.0. The fraction of sp³-hybridized carbons (Fsp3) is 0.897. The van der Waals surface area contributed by atoms with Crippen molar-refractivity contribution in [1.29, 1.82) is 0 Å². The Hall–Kier alpha value is -0.560. The quantitative estimate of drug-likeness (QED) is 0.0353. The van der Waals surface area contributed by atoms with Crippen molar-refractivity contribution in [1.82, 2.24) is 4.90 Å². The molecule has 68 heavy (non-hydrogen) atoms. The van der Waals surface area contributed by atoms with Crippen LogP contribution in [0.5, 0.6) is 0 Å². The van der Waals surface area contributed by atoms with Gasteiger partial charge in [-0.3, -0.25) is 14.0 Å². The Kier molecular flexibility index (Phi) is 53.8. The summed E-state index contributed by atoms with van der Waals surface area (Å²) in [6.45, 7) is 7.50. The average Bonchev–Trinajstić information content (AvgIpc) is 3.32. The van der Waals surface area contributed by atoms with Gasteiger partial charge in [-0.15, -0.1) is 0 Å². The zero-order chi connectivity index (χ0) is 49.6. The fourth-order valence-electron chi connectivity index (χ4n) is 8.65. The summed E-state index contributed by atoms with van der Waals surface area (Å²) < 4.78 is 45.1. The van der Waals surface area contributed by atoms with Crippen molar-refractivity contribution < 1.29 is 32.7 Å². The average molecular weight is 1000 g/mol. The van der Waals surface area contributed by atoms with Gasteiger partial charge in [0.25, 0.3) is 0 Å². The van der Waals surface area contributed by atoms with Crippen LogP contribution in [0.4, 0.5) is 0 Å². The SMILES string of the molecule is CCCCCCCC/C=C\CCCCCCCCOP(=O)(O)CN(CCO)CP(=O)(OCCCCCCCC/C=C\CCCCCCCC)OCCCCCCCC/C=C\CCCCCCCC. The van der Waals surface area contributed by atoms with Crippen molar-refractivity contribution in [3.8, 4) is 0 Å². The monoisotopic (exact) mass is 1000 g/mol. The highest BCUT2D eigenvalue weighted by Crippen LogP contribution is 2.51. The minimum atomic E-state index is -4.02. The van der Waals surface area contributed by atoms with Gasteiger partial charge in [0, 0.05) is 6.54 Å². The van der Waals surface area contributed by atoms with Crippen LogP contribution in [0.25, 0.3) is 0 Å². The van der Waals surface area contributed by atoms with Gasteiger partial charge >= 0.3 is 15.2 Å². The number of unbranched alkanes of at least 4 members (excludes halogenated alkanes) is 36. The molecule has 0 aromatic rings. The lowest BCUT2D eigenvalue weighted by Gasteiger charge is -2.28. The predicted molar refractivity (Wildman–Crippen MR) is 297 cm³/mol. The summed E-state index contributed by atoms with van der Waals surface area (Å²) in [5.74, 6) is 0. The van der Waals surface area contributed by atoms with E-state index in [1.165, 1.54) is 191 Å².